The molecule has 0 fully saturated rings. The van der Waals surface area contributed by atoms with Gasteiger partial charge in [0, 0.05) is 13.1 Å². The zero-order valence-electron chi connectivity index (χ0n) is 12.0. The van der Waals surface area contributed by atoms with E-state index in [1.807, 2.05) is 18.2 Å². The first kappa shape index (κ1) is 16.1. The molecule has 0 saturated heterocycles. The number of benzene rings is 1. The lowest BCUT2D eigenvalue weighted by atomic mass is 10.1. The quantitative estimate of drug-likeness (QED) is 0.780. The van der Waals surface area contributed by atoms with Gasteiger partial charge in [-0.15, -0.1) is 0 Å². The van der Waals surface area contributed by atoms with Crippen LogP contribution >= 0.6 is 0 Å². The van der Waals surface area contributed by atoms with Crippen LogP contribution < -0.4 is 5.32 Å². The van der Waals surface area contributed by atoms with Crippen molar-refractivity contribution >= 4 is 0 Å². The summed E-state index contributed by atoms with van der Waals surface area (Å²) in [5.74, 6) is 0. The van der Waals surface area contributed by atoms with Gasteiger partial charge in [-0.05, 0) is 31.1 Å². The fourth-order valence-electron chi connectivity index (χ4n) is 1.93. The number of halogens is 2. The SMILES string of the molecule is CCN(CC)Cc1ccccc1CNC(C)C(F)F. The largest absolute Gasteiger partial charge is 0.305 e. The van der Waals surface area contributed by atoms with E-state index in [-0.39, 0.29) is 0 Å². The molecule has 0 radical (unpaired) electrons. The van der Waals surface area contributed by atoms with E-state index in [4.69, 9.17) is 0 Å². The molecule has 1 unspecified atom stereocenters. The summed E-state index contributed by atoms with van der Waals surface area (Å²) in [7, 11) is 0. The third kappa shape index (κ3) is 5.25. The van der Waals surface area contributed by atoms with E-state index in [1.54, 1.807) is 0 Å². The second kappa shape index (κ2) is 8.23. The van der Waals surface area contributed by atoms with Crippen LogP contribution in [0.4, 0.5) is 8.78 Å². The van der Waals surface area contributed by atoms with Crippen LogP contribution in [0.25, 0.3) is 0 Å². The Kier molecular flexibility index (Phi) is 6.95. The van der Waals surface area contributed by atoms with Crippen molar-refractivity contribution in [2.24, 2.45) is 0 Å². The summed E-state index contributed by atoms with van der Waals surface area (Å²) in [5.41, 5.74) is 2.31. The van der Waals surface area contributed by atoms with Gasteiger partial charge < -0.3 is 5.32 Å². The van der Waals surface area contributed by atoms with Gasteiger partial charge in [-0.2, -0.15) is 0 Å². The maximum Gasteiger partial charge on any atom is 0.253 e. The second-order valence-electron chi connectivity index (χ2n) is 4.73. The first-order valence-electron chi connectivity index (χ1n) is 6.89. The van der Waals surface area contributed by atoms with Crippen LogP contribution in [0.2, 0.25) is 0 Å². The Bertz CT molecular complexity index is 365. The van der Waals surface area contributed by atoms with Gasteiger partial charge in [0.25, 0.3) is 6.43 Å². The molecular formula is C15H24F2N2. The number of rotatable bonds is 8. The summed E-state index contributed by atoms with van der Waals surface area (Å²) in [6.07, 6.45) is -2.32. The van der Waals surface area contributed by atoms with Crippen LogP contribution in [-0.2, 0) is 13.1 Å². The summed E-state index contributed by atoms with van der Waals surface area (Å²) in [6, 6.07) is 7.25. The van der Waals surface area contributed by atoms with Crippen LogP contribution in [0, 0.1) is 0 Å². The van der Waals surface area contributed by atoms with Gasteiger partial charge in [0.15, 0.2) is 0 Å². The third-order valence-corrected chi connectivity index (χ3v) is 3.40. The van der Waals surface area contributed by atoms with Crippen molar-refractivity contribution in [3.63, 3.8) is 0 Å². The average molecular weight is 270 g/mol. The van der Waals surface area contributed by atoms with E-state index in [1.165, 1.54) is 12.5 Å². The molecule has 0 aliphatic rings. The van der Waals surface area contributed by atoms with E-state index in [0.717, 1.165) is 25.2 Å². The first-order chi connectivity index (χ1) is 9.08. The zero-order chi connectivity index (χ0) is 14.3. The number of alkyl halides is 2. The molecular weight excluding hydrogens is 246 g/mol. The summed E-state index contributed by atoms with van der Waals surface area (Å²) in [5, 5.41) is 2.88. The molecule has 0 aliphatic heterocycles. The van der Waals surface area contributed by atoms with Gasteiger partial charge in [0.05, 0.1) is 6.04 Å². The van der Waals surface area contributed by atoms with Crippen LogP contribution in [0.15, 0.2) is 24.3 Å². The average Bonchev–Trinajstić information content (AvgIpc) is 2.42. The molecule has 1 N–H and O–H groups in total. The molecule has 0 spiro atoms. The molecule has 4 heteroatoms. The summed E-state index contributed by atoms with van der Waals surface area (Å²) < 4.78 is 25.0. The standard InChI is InChI=1S/C15H24F2N2/c1-4-19(5-2)11-14-9-7-6-8-13(14)10-18-12(3)15(16)17/h6-9,12,15,18H,4-5,10-11H2,1-3H3. The van der Waals surface area contributed by atoms with Crippen LogP contribution in [-0.4, -0.2) is 30.5 Å². The third-order valence-electron chi connectivity index (χ3n) is 3.40. The lowest BCUT2D eigenvalue weighted by Gasteiger charge is -2.21. The van der Waals surface area contributed by atoms with E-state index in [0.29, 0.717) is 6.54 Å². The van der Waals surface area contributed by atoms with E-state index in [9.17, 15) is 8.78 Å². The first-order valence-corrected chi connectivity index (χ1v) is 6.89. The molecule has 0 bridgehead atoms. The van der Waals surface area contributed by atoms with Gasteiger partial charge in [0.1, 0.15) is 0 Å². The lowest BCUT2D eigenvalue weighted by Crippen LogP contribution is -2.32. The highest BCUT2D eigenvalue weighted by molar-refractivity contribution is 5.27. The van der Waals surface area contributed by atoms with E-state index in [2.05, 4.69) is 30.1 Å². The summed E-state index contributed by atoms with van der Waals surface area (Å²) in [6.45, 7) is 9.11. The topological polar surface area (TPSA) is 15.3 Å². The Labute approximate surface area is 114 Å². The predicted octanol–water partition coefficient (Wildman–Crippen LogP) is 3.27. The number of hydrogen-bond donors (Lipinski definition) is 1. The maximum absolute atomic E-state index is 12.5. The molecule has 0 saturated carbocycles. The zero-order valence-corrected chi connectivity index (χ0v) is 12.0. The molecule has 0 heterocycles. The van der Waals surface area contributed by atoms with Crippen LogP contribution in [0.3, 0.4) is 0 Å². The minimum atomic E-state index is -2.32. The van der Waals surface area contributed by atoms with Crippen molar-refractivity contribution in [2.75, 3.05) is 13.1 Å². The lowest BCUT2D eigenvalue weighted by molar-refractivity contribution is 0.105. The van der Waals surface area contributed by atoms with Gasteiger partial charge >= 0.3 is 0 Å². The van der Waals surface area contributed by atoms with Crippen LogP contribution in [0.1, 0.15) is 31.9 Å². The normalized spacial score (nSPS) is 13.2. The summed E-state index contributed by atoms with van der Waals surface area (Å²) in [4.78, 5) is 2.31. The minimum Gasteiger partial charge on any atom is -0.305 e. The molecule has 1 atom stereocenters. The Balaban J connectivity index is 2.67. The fourth-order valence-corrected chi connectivity index (χ4v) is 1.93. The fraction of sp³-hybridized carbons (Fsp3) is 0.600. The molecule has 1 rings (SSSR count). The number of nitrogens with one attached hydrogen (secondary N) is 1. The smallest absolute Gasteiger partial charge is 0.253 e. The summed E-state index contributed by atoms with van der Waals surface area (Å²) >= 11 is 0. The van der Waals surface area contributed by atoms with Crippen molar-refractivity contribution in [2.45, 2.75) is 46.3 Å². The van der Waals surface area contributed by atoms with Crippen molar-refractivity contribution in [3.05, 3.63) is 35.4 Å². The van der Waals surface area contributed by atoms with Crippen molar-refractivity contribution < 1.29 is 8.78 Å². The van der Waals surface area contributed by atoms with Crippen molar-refractivity contribution in [1.29, 1.82) is 0 Å². The molecule has 0 aromatic heterocycles. The molecule has 0 aliphatic carbocycles. The van der Waals surface area contributed by atoms with Crippen molar-refractivity contribution in [1.82, 2.24) is 10.2 Å². The molecule has 1 aromatic rings. The molecule has 0 amide bonds. The number of hydrogen-bond acceptors (Lipinski definition) is 2. The highest BCUT2D eigenvalue weighted by Gasteiger charge is 2.14. The van der Waals surface area contributed by atoms with E-state index < -0.39 is 12.5 Å². The minimum absolute atomic E-state index is 0.489. The molecule has 108 valence electrons. The van der Waals surface area contributed by atoms with Crippen LogP contribution in [0.5, 0.6) is 0 Å². The highest BCUT2D eigenvalue weighted by Crippen LogP contribution is 2.12. The Morgan fingerprint density at radius 2 is 1.68 bits per heavy atom. The maximum atomic E-state index is 12.5. The monoisotopic (exact) mass is 270 g/mol. The Morgan fingerprint density at radius 1 is 1.11 bits per heavy atom. The highest BCUT2D eigenvalue weighted by atomic mass is 19.3. The molecule has 1 aromatic carbocycles. The Hall–Kier alpha value is -1.00. The van der Waals surface area contributed by atoms with Gasteiger partial charge in [-0.3, -0.25) is 4.90 Å². The number of nitrogens with zero attached hydrogens (tertiary/aromatic N) is 1. The Morgan fingerprint density at radius 3 is 2.21 bits per heavy atom. The predicted molar refractivity (Wildman–Crippen MR) is 75.4 cm³/mol. The molecule has 19 heavy (non-hydrogen) atoms. The van der Waals surface area contributed by atoms with Gasteiger partial charge in [0.2, 0.25) is 0 Å². The molecule has 2 nitrogen and oxygen atoms in total. The van der Waals surface area contributed by atoms with E-state index >= 15 is 0 Å². The second-order valence-corrected chi connectivity index (χ2v) is 4.73. The van der Waals surface area contributed by atoms with Crippen molar-refractivity contribution in [3.8, 4) is 0 Å². The van der Waals surface area contributed by atoms with Gasteiger partial charge in [-0.1, -0.05) is 38.1 Å². The van der Waals surface area contributed by atoms with Gasteiger partial charge in [-0.25, -0.2) is 8.78 Å².